The average molecular weight is 1300 g/mol. The maximum absolute atomic E-state index is 2.84. The van der Waals surface area contributed by atoms with Crippen LogP contribution in [0.3, 0.4) is 0 Å². The molecule has 18 aromatic rings. The number of fused-ring (bicyclic) bond motifs is 24. The number of aromatic nitrogens is 3. The molecule has 0 fully saturated rings. The maximum atomic E-state index is 2.84. The van der Waals surface area contributed by atoms with Crippen molar-refractivity contribution in [2.45, 2.75) is 124 Å². The number of hydrogen-bond donors (Lipinski definition) is 0. The van der Waals surface area contributed by atoms with Crippen molar-refractivity contribution in [2.75, 3.05) is 4.90 Å². The third-order valence-corrected chi connectivity index (χ3v) is 26.2. The summed E-state index contributed by atoms with van der Waals surface area (Å²) in [5, 5.41) is 16.5. The highest BCUT2D eigenvalue weighted by molar-refractivity contribution is 6.28. The molecule has 486 valence electrons. The minimum Gasteiger partial charge on any atom is -0.311 e. The van der Waals surface area contributed by atoms with E-state index in [1.165, 1.54) is 181 Å². The topological polar surface area (TPSA) is 16.5 Å². The lowest BCUT2D eigenvalue weighted by Gasteiger charge is -2.43. The quantitative estimate of drug-likeness (QED) is 0.157. The Morgan fingerprint density at radius 1 is 0.277 bits per heavy atom. The SMILES string of the molecule is Cc1cc(C)c(-c2ccc3c(c2)c2c4c(cc5c6c(n3c52)C(C)C2=C(C(C)c3cc5c7ccccc7n7c8ccc(N(c9ccccc9)c9ccccc9)cc8c(c3C2C)c57)C6C)C(C)C2=C(C4C)C(C)c3c(c4cc5ccccc5c5c6cc(-c7ccccc7)ccc6n3c45)C2C)c(C)c1. The van der Waals surface area contributed by atoms with Crippen molar-refractivity contribution >= 4 is 120 Å². The van der Waals surface area contributed by atoms with E-state index in [0.717, 1.165) is 17.1 Å². The summed E-state index contributed by atoms with van der Waals surface area (Å²) in [7, 11) is 0. The first-order valence-corrected chi connectivity index (χ1v) is 37.2. The number of hydrogen-bond acceptors (Lipinski definition) is 1. The highest BCUT2D eigenvalue weighted by atomic mass is 15.1. The summed E-state index contributed by atoms with van der Waals surface area (Å²) in [5.41, 5.74) is 40.6. The van der Waals surface area contributed by atoms with Crippen LogP contribution in [0, 0.1) is 20.8 Å². The average Bonchev–Trinajstić information content (AvgIpc) is 1.52. The van der Waals surface area contributed by atoms with Crippen LogP contribution >= 0.6 is 0 Å². The van der Waals surface area contributed by atoms with Crippen LogP contribution in [0.15, 0.2) is 247 Å². The van der Waals surface area contributed by atoms with E-state index in [1.54, 1.807) is 27.9 Å². The first kappa shape index (κ1) is 57.9. The third-order valence-electron chi connectivity index (χ3n) is 26.2. The van der Waals surface area contributed by atoms with Gasteiger partial charge in [-0.1, -0.05) is 217 Å². The number of benzene rings is 12. The molecule has 0 spiro atoms. The van der Waals surface area contributed by atoms with Crippen LogP contribution in [-0.4, -0.2) is 13.2 Å². The number of aryl methyl sites for hydroxylation is 3. The maximum Gasteiger partial charge on any atom is 0.0623 e. The van der Waals surface area contributed by atoms with Crippen LogP contribution in [0.1, 0.15) is 164 Å². The lowest BCUT2D eigenvalue weighted by atomic mass is 9.60. The summed E-state index contributed by atoms with van der Waals surface area (Å²) >= 11 is 0. The molecule has 22 rings (SSSR count). The fourth-order valence-electron chi connectivity index (χ4n) is 22.7. The van der Waals surface area contributed by atoms with Crippen molar-refractivity contribution in [1.29, 1.82) is 0 Å². The van der Waals surface area contributed by atoms with Gasteiger partial charge in [-0.15, -0.1) is 0 Å². The lowest BCUT2D eigenvalue weighted by molar-refractivity contribution is 0.596. The van der Waals surface area contributed by atoms with Gasteiger partial charge in [-0.05, 0) is 189 Å². The Hall–Kier alpha value is -10.9. The Morgan fingerprint density at radius 2 is 0.713 bits per heavy atom. The first-order valence-electron chi connectivity index (χ1n) is 37.2. The van der Waals surface area contributed by atoms with Gasteiger partial charge in [-0.25, -0.2) is 0 Å². The van der Waals surface area contributed by atoms with E-state index in [1.807, 2.05) is 0 Å². The van der Waals surface area contributed by atoms with E-state index in [4.69, 9.17) is 0 Å². The summed E-state index contributed by atoms with van der Waals surface area (Å²) in [5.74, 6) is 1.39. The molecule has 0 bridgehead atoms. The molecule has 101 heavy (non-hydrogen) atoms. The predicted octanol–water partition coefficient (Wildman–Crippen LogP) is 26.6. The zero-order valence-corrected chi connectivity index (χ0v) is 59.3. The second-order valence-corrected chi connectivity index (χ2v) is 31.2. The molecule has 0 aliphatic heterocycles. The van der Waals surface area contributed by atoms with Gasteiger partial charge in [0, 0.05) is 130 Å². The standard InChI is InChI=1S/C97H78N4/c1-49-41-50(2)81(51(3)42-49)63-36-39-80-73(45-63)91-87-55(7)85-58(10)93-88(75-44-62-27-21-22-32-67(62)90-72-43-61(60-25-15-12-16-26-60)35-38-79(72)100(93)96(75)90)56(8)83(85)53(5)70(87)48-76-89-57(9)82-52(4)69-47-71-68-33-23-24-34-77(68)99-78-40-37-66(98(64-28-17-13-18-29-64)65-30-19-14-20-31-65)46-74(78)92(95(71)99)86(69)54(6)84(82)59(11)94(89)101(80)97(76)91/h12-48,52-59H,1-11H3. The highest BCUT2D eigenvalue weighted by Crippen LogP contribution is 2.65. The van der Waals surface area contributed by atoms with E-state index in [0.29, 0.717) is 0 Å². The van der Waals surface area contributed by atoms with E-state index in [-0.39, 0.29) is 47.3 Å². The molecule has 0 saturated carbocycles. The van der Waals surface area contributed by atoms with Crippen molar-refractivity contribution in [2.24, 2.45) is 0 Å². The third kappa shape index (κ3) is 7.21. The number of para-hydroxylation sites is 3. The normalized spacial score (nSPS) is 20.5. The summed E-state index contributed by atoms with van der Waals surface area (Å²) in [6.45, 7) is 27.6. The van der Waals surface area contributed by atoms with Crippen LogP contribution in [0.4, 0.5) is 17.1 Å². The number of allylic oxidation sites excluding steroid dienone is 4. The number of rotatable bonds is 5. The second kappa shape index (κ2) is 20.2. The Morgan fingerprint density at radius 3 is 1.33 bits per heavy atom. The van der Waals surface area contributed by atoms with Crippen LogP contribution in [0.5, 0.6) is 0 Å². The monoisotopic (exact) mass is 1300 g/mol. The minimum atomic E-state index is 0.139. The molecular formula is C97H78N4. The van der Waals surface area contributed by atoms with Gasteiger partial charge in [0.15, 0.2) is 0 Å². The van der Waals surface area contributed by atoms with Crippen molar-refractivity contribution in [3.63, 3.8) is 0 Å². The molecule has 12 aromatic carbocycles. The first-order chi connectivity index (χ1) is 49.2. The summed E-state index contributed by atoms with van der Waals surface area (Å²) < 4.78 is 8.20. The van der Waals surface area contributed by atoms with Crippen LogP contribution in [-0.2, 0) is 0 Å². The Balaban J connectivity index is 0.770. The van der Waals surface area contributed by atoms with E-state index in [2.05, 4.69) is 319 Å². The summed E-state index contributed by atoms with van der Waals surface area (Å²) in [6.07, 6.45) is 0. The molecule has 8 atom stereocenters. The van der Waals surface area contributed by atoms with E-state index < -0.39 is 0 Å². The van der Waals surface area contributed by atoms with Crippen molar-refractivity contribution in [3.8, 4) is 22.3 Å². The highest BCUT2D eigenvalue weighted by Gasteiger charge is 2.48. The molecule has 0 N–H and O–H groups in total. The van der Waals surface area contributed by atoms with Crippen molar-refractivity contribution < 1.29 is 0 Å². The molecule has 4 heteroatoms. The minimum absolute atomic E-state index is 0.139. The van der Waals surface area contributed by atoms with Gasteiger partial charge < -0.3 is 18.1 Å². The lowest BCUT2D eigenvalue weighted by Crippen LogP contribution is -2.27. The fraction of sp³-hybridized carbons (Fsp3) is 0.196. The van der Waals surface area contributed by atoms with Gasteiger partial charge in [0.1, 0.15) is 0 Å². The number of anilines is 3. The zero-order chi connectivity index (χ0) is 67.8. The molecule has 0 amide bonds. The van der Waals surface area contributed by atoms with E-state index in [9.17, 15) is 0 Å². The molecule has 0 radical (unpaired) electrons. The fourth-order valence-corrected chi connectivity index (χ4v) is 22.7. The summed E-state index contributed by atoms with van der Waals surface area (Å²) in [4.78, 5) is 2.44. The molecular weight excluding hydrogens is 1220 g/mol. The van der Waals surface area contributed by atoms with Gasteiger partial charge in [-0.3, -0.25) is 0 Å². The molecule has 6 heterocycles. The van der Waals surface area contributed by atoms with Crippen molar-refractivity contribution in [1.82, 2.24) is 13.2 Å². The molecule has 0 saturated heterocycles. The molecule has 8 unspecified atom stereocenters. The molecule has 6 aromatic heterocycles. The molecule has 4 aliphatic rings. The van der Waals surface area contributed by atoms with Crippen LogP contribution < -0.4 is 4.90 Å². The Bertz CT molecular complexity index is 6680. The van der Waals surface area contributed by atoms with Gasteiger partial charge in [0.05, 0.1) is 38.6 Å². The predicted molar refractivity (Wildman–Crippen MR) is 427 cm³/mol. The van der Waals surface area contributed by atoms with Gasteiger partial charge >= 0.3 is 0 Å². The Kier molecular flexibility index (Phi) is 11.6. The second-order valence-electron chi connectivity index (χ2n) is 31.2. The van der Waals surface area contributed by atoms with Gasteiger partial charge in [0.2, 0.25) is 0 Å². The zero-order valence-electron chi connectivity index (χ0n) is 59.3. The largest absolute Gasteiger partial charge is 0.311 e. The van der Waals surface area contributed by atoms with Crippen LogP contribution in [0.25, 0.3) is 126 Å². The Labute approximate surface area is 588 Å². The molecule has 4 aliphatic carbocycles. The summed E-state index contributed by atoms with van der Waals surface area (Å²) in [6, 6.07) is 86.2. The smallest absolute Gasteiger partial charge is 0.0623 e. The number of nitrogens with zero attached hydrogens (tertiary/aromatic N) is 4. The van der Waals surface area contributed by atoms with Crippen molar-refractivity contribution in [3.05, 3.63) is 308 Å². The van der Waals surface area contributed by atoms with Crippen LogP contribution in [0.2, 0.25) is 0 Å². The van der Waals surface area contributed by atoms with E-state index >= 15 is 0 Å². The van der Waals surface area contributed by atoms with Gasteiger partial charge in [-0.2, -0.15) is 0 Å². The molecule has 4 nitrogen and oxygen atoms in total. The van der Waals surface area contributed by atoms with Gasteiger partial charge in [0.25, 0.3) is 0 Å².